The van der Waals surface area contributed by atoms with E-state index in [-0.39, 0.29) is 36.0 Å². The van der Waals surface area contributed by atoms with Crippen molar-refractivity contribution in [1.82, 2.24) is 20.9 Å². The molecule has 1 aromatic carbocycles. The maximum atomic E-state index is 13.0. The molecule has 4 atom stereocenters. The Balaban J connectivity index is 1.44. The largest absolute Gasteiger partial charge is 0.369 e. The summed E-state index contributed by atoms with van der Waals surface area (Å²) in [6.45, 7) is 1.18. The first-order valence-electron chi connectivity index (χ1n) is 10.3. The average Bonchev–Trinajstić information content (AvgIpc) is 2.74. The third-order valence-corrected chi connectivity index (χ3v) is 6.71. The molecule has 1 aromatic rings. The normalized spacial score (nSPS) is 29.5. The van der Waals surface area contributed by atoms with Gasteiger partial charge in [0.15, 0.2) is 0 Å². The van der Waals surface area contributed by atoms with E-state index in [0.717, 1.165) is 4.47 Å². The van der Waals surface area contributed by atoms with Gasteiger partial charge < -0.3 is 21.7 Å². The molecule has 10 nitrogen and oxygen atoms in total. The number of piperidine rings is 2. The number of carbonyl (C=O) groups excluding carboxylic acids is 4. The van der Waals surface area contributed by atoms with Crippen molar-refractivity contribution in [3.8, 4) is 0 Å². The fourth-order valence-electron chi connectivity index (χ4n) is 4.47. The summed E-state index contributed by atoms with van der Waals surface area (Å²) < 4.78 is 0.879. The maximum Gasteiger partial charge on any atom is 0.229 e. The Labute approximate surface area is 187 Å². The number of nitrogens with zero attached hydrogens (tertiary/aromatic N) is 1. The van der Waals surface area contributed by atoms with Crippen molar-refractivity contribution >= 4 is 45.2 Å². The lowest BCUT2D eigenvalue weighted by Gasteiger charge is -2.47. The van der Waals surface area contributed by atoms with Crippen molar-refractivity contribution in [2.75, 3.05) is 18.4 Å². The van der Waals surface area contributed by atoms with Gasteiger partial charge in [-0.05, 0) is 37.1 Å². The Morgan fingerprint density at radius 2 is 1.77 bits per heavy atom. The summed E-state index contributed by atoms with van der Waals surface area (Å²) in [4.78, 5) is 51.6. The smallest absolute Gasteiger partial charge is 0.229 e. The minimum atomic E-state index is -0.795. The van der Waals surface area contributed by atoms with Crippen LogP contribution < -0.4 is 27.0 Å². The number of amides is 4. The van der Waals surface area contributed by atoms with Crippen molar-refractivity contribution in [2.24, 2.45) is 23.5 Å². The van der Waals surface area contributed by atoms with E-state index in [1.165, 1.54) is 0 Å². The summed E-state index contributed by atoms with van der Waals surface area (Å²) in [5.74, 6) is -2.94. The van der Waals surface area contributed by atoms with E-state index in [1.54, 1.807) is 24.3 Å². The van der Waals surface area contributed by atoms with Crippen molar-refractivity contribution < 1.29 is 19.2 Å². The van der Waals surface area contributed by atoms with Crippen LogP contribution in [0.4, 0.5) is 5.69 Å². The van der Waals surface area contributed by atoms with Crippen molar-refractivity contribution in [2.45, 2.75) is 31.7 Å². The van der Waals surface area contributed by atoms with Gasteiger partial charge in [0.2, 0.25) is 23.6 Å². The lowest BCUT2D eigenvalue weighted by atomic mass is 9.81. The van der Waals surface area contributed by atoms with E-state index < -0.39 is 24.3 Å². The van der Waals surface area contributed by atoms with Crippen LogP contribution in [0, 0.1) is 17.8 Å². The van der Waals surface area contributed by atoms with Crippen LogP contribution in [0.1, 0.15) is 19.3 Å². The molecule has 0 bridgehead atoms. The Morgan fingerprint density at radius 3 is 2.42 bits per heavy atom. The number of anilines is 1. The van der Waals surface area contributed by atoms with Crippen LogP contribution >= 0.6 is 15.9 Å². The molecule has 0 aliphatic carbocycles. The standard InChI is InChI=1S/C20H25BrN6O4/c21-11-1-3-12(4-2-11)23-18(30)13-9-14(28)24-17-15(13)19(31)26-20(25-17)27-7-5-10(6-8-27)16(22)29/h1-4,10,13,15,17,20,25H,5-9H2,(H2,22,29)(H,23,30)(H,24,28)(H,26,31). The average molecular weight is 493 g/mol. The summed E-state index contributed by atoms with van der Waals surface area (Å²) in [5.41, 5.74) is 5.98. The fourth-order valence-corrected chi connectivity index (χ4v) is 4.73. The molecule has 0 spiro atoms. The third-order valence-electron chi connectivity index (χ3n) is 6.18. The topological polar surface area (TPSA) is 146 Å². The monoisotopic (exact) mass is 492 g/mol. The van der Waals surface area contributed by atoms with Gasteiger partial charge in [0, 0.05) is 35.6 Å². The molecular formula is C20H25BrN6O4. The van der Waals surface area contributed by atoms with Crippen molar-refractivity contribution in [3.63, 3.8) is 0 Å². The Hall–Kier alpha value is -2.50. The van der Waals surface area contributed by atoms with Crippen LogP contribution in [0.5, 0.6) is 0 Å². The molecule has 11 heteroatoms. The highest BCUT2D eigenvalue weighted by molar-refractivity contribution is 9.10. The van der Waals surface area contributed by atoms with Gasteiger partial charge in [0.05, 0.1) is 18.0 Å². The van der Waals surface area contributed by atoms with Crippen LogP contribution in [0.15, 0.2) is 28.7 Å². The number of rotatable bonds is 4. The van der Waals surface area contributed by atoms with Gasteiger partial charge in [-0.25, -0.2) is 0 Å². The second-order valence-electron chi connectivity index (χ2n) is 8.17. The van der Waals surface area contributed by atoms with Gasteiger partial charge in [0.25, 0.3) is 0 Å². The lowest BCUT2D eigenvalue weighted by molar-refractivity contribution is -0.148. The van der Waals surface area contributed by atoms with E-state index >= 15 is 0 Å². The predicted octanol–water partition coefficient (Wildman–Crippen LogP) is -0.334. The zero-order valence-electron chi connectivity index (χ0n) is 16.8. The molecule has 4 amide bonds. The number of benzene rings is 1. The Morgan fingerprint density at radius 1 is 1.10 bits per heavy atom. The molecule has 6 N–H and O–H groups in total. The highest BCUT2D eigenvalue weighted by Crippen LogP contribution is 2.29. The predicted molar refractivity (Wildman–Crippen MR) is 115 cm³/mol. The molecule has 0 aromatic heterocycles. The van der Waals surface area contributed by atoms with E-state index in [2.05, 4.69) is 37.2 Å². The minimum Gasteiger partial charge on any atom is -0.369 e. The van der Waals surface area contributed by atoms with Crippen LogP contribution in [0.2, 0.25) is 0 Å². The highest BCUT2D eigenvalue weighted by Gasteiger charge is 2.49. The fraction of sp³-hybridized carbons (Fsp3) is 0.500. The summed E-state index contributed by atoms with van der Waals surface area (Å²) in [6.07, 6.45) is 0.0166. The van der Waals surface area contributed by atoms with Gasteiger partial charge >= 0.3 is 0 Å². The molecule has 3 fully saturated rings. The number of halogens is 1. The number of nitrogens with two attached hydrogens (primary N) is 1. The summed E-state index contributed by atoms with van der Waals surface area (Å²) in [7, 11) is 0. The van der Waals surface area contributed by atoms with E-state index in [9.17, 15) is 19.2 Å². The summed E-state index contributed by atoms with van der Waals surface area (Å²) in [6, 6.07) is 7.08. The molecule has 4 unspecified atom stereocenters. The number of likely N-dealkylation sites (tertiary alicyclic amines) is 1. The first-order valence-corrected chi connectivity index (χ1v) is 11.1. The van der Waals surface area contributed by atoms with Crippen LogP contribution in [-0.4, -0.2) is 54.1 Å². The van der Waals surface area contributed by atoms with Crippen LogP contribution in [0.25, 0.3) is 0 Å². The third kappa shape index (κ3) is 4.73. The number of nitrogens with one attached hydrogen (secondary N) is 4. The quantitative estimate of drug-likeness (QED) is 0.388. The first kappa shape index (κ1) is 21.7. The zero-order valence-corrected chi connectivity index (χ0v) is 18.4. The van der Waals surface area contributed by atoms with Gasteiger partial charge in [-0.3, -0.25) is 29.4 Å². The molecule has 4 rings (SSSR count). The first-order chi connectivity index (χ1) is 14.8. The van der Waals surface area contributed by atoms with Crippen molar-refractivity contribution in [1.29, 1.82) is 0 Å². The second kappa shape index (κ2) is 8.93. The summed E-state index contributed by atoms with van der Waals surface area (Å²) in [5, 5.41) is 11.8. The van der Waals surface area contributed by atoms with E-state index in [4.69, 9.17) is 5.73 Å². The molecule has 3 saturated heterocycles. The summed E-state index contributed by atoms with van der Waals surface area (Å²) >= 11 is 3.34. The SMILES string of the molecule is NC(=O)C1CCN(C2NC(=O)C3C(NC(=O)CC3C(=O)Nc3ccc(Br)cc3)N2)CC1. The van der Waals surface area contributed by atoms with Gasteiger partial charge in [-0.15, -0.1) is 0 Å². The number of carbonyl (C=O) groups is 4. The number of hydrogen-bond donors (Lipinski definition) is 5. The maximum absolute atomic E-state index is 13.0. The zero-order chi connectivity index (χ0) is 22.1. The van der Waals surface area contributed by atoms with E-state index in [1.807, 2.05) is 4.90 Å². The molecule has 31 heavy (non-hydrogen) atoms. The molecule has 3 aliphatic heterocycles. The lowest BCUT2D eigenvalue weighted by Crippen LogP contribution is -2.74. The number of fused-ring (bicyclic) bond motifs is 1. The van der Waals surface area contributed by atoms with Crippen molar-refractivity contribution in [3.05, 3.63) is 28.7 Å². The molecule has 3 aliphatic rings. The molecule has 3 heterocycles. The minimum absolute atomic E-state index is 0.0622. The van der Waals surface area contributed by atoms with E-state index in [0.29, 0.717) is 31.6 Å². The van der Waals surface area contributed by atoms with Crippen LogP contribution in [-0.2, 0) is 19.2 Å². The van der Waals surface area contributed by atoms with Gasteiger partial charge in [-0.1, -0.05) is 15.9 Å². The van der Waals surface area contributed by atoms with Gasteiger partial charge in [0.1, 0.15) is 6.29 Å². The number of primary amides is 1. The Kier molecular flexibility index (Phi) is 6.26. The molecule has 166 valence electrons. The molecular weight excluding hydrogens is 468 g/mol. The molecule has 0 saturated carbocycles. The number of hydrogen-bond acceptors (Lipinski definition) is 6. The Bertz CT molecular complexity index is 886. The second-order valence-corrected chi connectivity index (χ2v) is 9.08. The highest BCUT2D eigenvalue weighted by atomic mass is 79.9. The van der Waals surface area contributed by atoms with Gasteiger partial charge in [-0.2, -0.15) is 0 Å². The van der Waals surface area contributed by atoms with Crippen LogP contribution in [0.3, 0.4) is 0 Å². The molecule has 0 radical (unpaired) electrons.